The first kappa shape index (κ1) is 8.51. The van der Waals surface area contributed by atoms with Gasteiger partial charge in [-0.15, -0.1) is 5.06 Å². The van der Waals surface area contributed by atoms with Crippen molar-refractivity contribution in [1.82, 2.24) is 5.06 Å². The third-order valence-corrected chi connectivity index (χ3v) is 1.41. The minimum atomic E-state index is -0.383. The lowest BCUT2D eigenvalue weighted by atomic mass is 10.4. The number of amidine groups is 1. The lowest BCUT2D eigenvalue weighted by Gasteiger charge is -2.11. The van der Waals surface area contributed by atoms with Crippen molar-refractivity contribution in [3.63, 3.8) is 0 Å². The van der Waals surface area contributed by atoms with Gasteiger partial charge in [-0.05, 0) is 0 Å². The van der Waals surface area contributed by atoms with Gasteiger partial charge in [0.25, 0.3) is 11.8 Å². The number of rotatable bonds is 1. The zero-order chi connectivity index (χ0) is 9.14. The molecular formula is C6H9N3O3. The number of imide groups is 1. The minimum Gasteiger partial charge on any atom is -0.352 e. The van der Waals surface area contributed by atoms with E-state index in [9.17, 15) is 9.59 Å². The molecule has 6 heteroatoms. The molecule has 12 heavy (non-hydrogen) atoms. The lowest BCUT2D eigenvalue weighted by Crippen LogP contribution is -2.35. The summed E-state index contributed by atoms with van der Waals surface area (Å²) in [6.07, 6.45) is 0.353. The Morgan fingerprint density at radius 3 is 2.42 bits per heavy atom. The van der Waals surface area contributed by atoms with Crippen LogP contribution < -0.4 is 5.73 Å². The quantitative estimate of drug-likeness (QED) is 0.312. The molecule has 2 N–H and O–H groups in total. The standard InChI is InChI=1S/C6H9N3O3/c1-8-6(7)12-9-4(10)2-3-5(9)11/h2-3H2,1H3,(H2,7,8). The molecule has 1 aliphatic rings. The van der Waals surface area contributed by atoms with Gasteiger partial charge in [-0.3, -0.25) is 9.59 Å². The van der Waals surface area contributed by atoms with Gasteiger partial charge in [0.05, 0.1) is 0 Å². The van der Waals surface area contributed by atoms with Crippen molar-refractivity contribution in [2.24, 2.45) is 10.7 Å². The SMILES string of the molecule is CN=C(N)ON1C(=O)CCC1=O. The number of amides is 2. The Bertz CT molecular complexity index is 232. The van der Waals surface area contributed by atoms with Crippen LogP contribution in [0.25, 0.3) is 0 Å². The van der Waals surface area contributed by atoms with Crippen LogP contribution in [-0.4, -0.2) is 29.9 Å². The summed E-state index contributed by atoms with van der Waals surface area (Å²) >= 11 is 0. The number of aliphatic imine (C=N–C) groups is 1. The summed E-state index contributed by atoms with van der Waals surface area (Å²) in [7, 11) is 1.40. The largest absolute Gasteiger partial charge is 0.352 e. The van der Waals surface area contributed by atoms with Gasteiger partial charge in [0.1, 0.15) is 0 Å². The Labute approximate surface area is 68.9 Å². The Balaban J connectivity index is 2.62. The molecule has 66 valence electrons. The molecule has 1 fully saturated rings. The Kier molecular flexibility index (Phi) is 2.27. The molecule has 0 atom stereocenters. The fraction of sp³-hybridized carbons (Fsp3) is 0.500. The predicted octanol–water partition coefficient (Wildman–Crippen LogP) is -0.989. The number of hydroxylamine groups is 2. The summed E-state index contributed by atoms with van der Waals surface area (Å²) in [6.45, 7) is 0. The minimum absolute atomic E-state index is 0.176. The average molecular weight is 171 g/mol. The van der Waals surface area contributed by atoms with Gasteiger partial charge in [0.2, 0.25) is 0 Å². The summed E-state index contributed by atoms with van der Waals surface area (Å²) in [5.74, 6) is -0.766. The monoisotopic (exact) mass is 171 g/mol. The van der Waals surface area contributed by atoms with Gasteiger partial charge in [-0.25, -0.2) is 4.99 Å². The first-order chi connectivity index (χ1) is 5.65. The fourth-order valence-corrected chi connectivity index (χ4v) is 0.792. The Hall–Kier alpha value is -1.59. The number of carbonyl (C=O) groups is 2. The van der Waals surface area contributed by atoms with E-state index >= 15 is 0 Å². The van der Waals surface area contributed by atoms with Crippen molar-refractivity contribution >= 4 is 17.8 Å². The summed E-state index contributed by atoms with van der Waals surface area (Å²) in [5.41, 5.74) is 5.16. The van der Waals surface area contributed by atoms with Crippen LogP contribution in [0.1, 0.15) is 12.8 Å². The normalized spacial score (nSPS) is 18.8. The summed E-state index contributed by atoms with van der Waals surface area (Å²) in [4.78, 5) is 29.9. The van der Waals surface area contributed by atoms with Crippen LogP contribution in [-0.2, 0) is 14.4 Å². The van der Waals surface area contributed by atoms with Gasteiger partial charge in [-0.1, -0.05) is 0 Å². The van der Waals surface area contributed by atoms with E-state index in [-0.39, 0.29) is 30.7 Å². The number of nitrogens with zero attached hydrogens (tertiary/aromatic N) is 2. The van der Waals surface area contributed by atoms with Crippen molar-refractivity contribution in [1.29, 1.82) is 0 Å². The molecule has 0 aromatic carbocycles. The Morgan fingerprint density at radius 1 is 1.50 bits per heavy atom. The first-order valence-corrected chi connectivity index (χ1v) is 3.41. The zero-order valence-electron chi connectivity index (χ0n) is 6.61. The molecular weight excluding hydrogens is 162 g/mol. The second-order valence-electron chi connectivity index (χ2n) is 2.23. The van der Waals surface area contributed by atoms with Crippen LogP contribution in [0, 0.1) is 0 Å². The van der Waals surface area contributed by atoms with Crippen molar-refractivity contribution < 1.29 is 14.4 Å². The number of hydrogen-bond donors (Lipinski definition) is 1. The average Bonchev–Trinajstić information content (AvgIpc) is 2.35. The molecule has 0 bridgehead atoms. The van der Waals surface area contributed by atoms with Crippen molar-refractivity contribution in [3.8, 4) is 0 Å². The third kappa shape index (κ3) is 1.52. The smallest absolute Gasteiger partial charge is 0.310 e. The number of carbonyl (C=O) groups excluding carboxylic acids is 2. The Morgan fingerprint density at radius 2 is 2.00 bits per heavy atom. The molecule has 1 saturated heterocycles. The van der Waals surface area contributed by atoms with E-state index < -0.39 is 0 Å². The maximum absolute atomic E-state index is 10.9. The molecule has 0 aromatic heterocycles. The van der Waals surface area contributed by atoms with E-state index in [1.807, 2.05) is 0 Å². The highest BCUT2D eigenvalue weighted by molar-refractivity contribution is 6.01. The lowest BCUT2D eigenvalue weighted by molar-refractivity contribution is -0.167. The maximum Gasteiger partial charge on any atom is 0.310 e. The van der Waals surface area contributed by atoms with E-state index in [0.29, 0.717) is 5.06 Å². The van der Waals surface area contributed by atoms with Gasteiger partial charge >= 0.3 is 6.02 Å². The predicted molar refractivity (Wildman–Crippen MR) is 39.7 cm³/mol. The van der Waals surface area contributed by atoms with Gasteiger partial charge in [0, 0.05) is 19.9 Å². The molecule has 0 spiro atoms. The van der Waals surface area contributed by atoms with Crippen LogP contribution in [0.15, 0.2) is 4.99 Å². The molecule has 1 rings (SSSR count). The zero-order valence-corrected chi connectivity index (χ0v) is 6.61. The van der Waals surface area contributed by atoms with E-state index in [0.717, 1.165) is 0 Å². The maximum atomic E-state index is 10.9. The van der Waals surface area contributed by atoms with Gasteiger partial charge in [-0.2, -0.15) is 0 Å². The topological polar surface area (TPSA) is 85.0 Å². The number of hydrogen-bond acceptors (Lipinski definition) is 4. The van der Waals surface area contributed by atoms with E-state index in [2.05, 4.69) is 9.83 Å². The third-order valence-electron chi connectivity index (χ3n) is 1.41. The second kappa shape index (κ2) is 3.21. The molecule has 0 radical (unpaired) electrons. The van der Waals surface area contributed by atoms with E-state index in [4.69, 9.17) is 5.73 Å². The van der Waals surface area contributed by atoms with E-state index in [1.54, 1.807) is 0 Å². The summed E-state index contributed by atoms with van der Waals surface area (Å²) in [5, 5.41) is 0.641. The van der Waals surface area contributed by atoms with Crippen LogP contribution in [0.5, 0.6) is 0 Å². The van der Waals surface area contributed by atoms with E-state index in [1.165, 1.54) is 7.05 Å². The first-order valence-electron chi connectivity index (χ1n) is 3.41. The van der Waals surface area contributed by atoms with Crippen LogP contribution in [0.2, 0.25) is 0 Å². The van der Waals surface area contributed by atoms with Crippen molar-refractivity contribution in [2.75, 3.05) is 7.05 Å². The van der Waals surface area contributed by atoms with Crippen LogP contribution >= 0.6 is 0 Å². The highest BCUT2D eigenvalue weighted by Gasteiger charge is 2.31. The van der Waals surface area contributed by atoms with Crippen LogP contribution in [0.3, 0.4) is 0 Å². The summed E-state index contributed by atoms with van der Waals surface area (Å²) in [6, 6.07) is -0.196. The molecule has 0 aliphatic carbocycles. The number of nitrogens with two attached hydrogens (primary N) is 1. The van der Waals surface area contributed by atoms with Gasteiger partial charge in [0.15, 0.2) is 0 Å². The van der Waals surface area contributed by atoms with Crippen molar-refractivity contribution in [2.45, 2.75) is 12.8 Å². The second-order valence-corrected chi connectivity index (χ2v) is 2.23. The fourth-order valence-electron chi connectivity index (χ4n) is 0.792. The molecule has 0 saturated carbocycles. The highest BCUT2D eigenvalue weighted by Crippen LogP contribution is 2.11. The molecule has 1 aliphatic heterocycles. The molecule has 2 amide bonds. The highest BCUT2D eigenvalue weighted by atomic mass is 16.7. The van der Waals surface area contributed by atoms with Crippen LogP contribution in [0.4, 0.5) is 0 Å². The molecule has 6 nitrogen and oxygen atoms in total. The molecule has 0 unspecified atom stereocenters. The molecule has 0 aromatic rings. The van der Waals surface area contributed by atoms with Crippen molar-refractivity contribution in [3.05, 3.63) is 0 Å². The summed E-state index contributed by atoms with van der Waals surface area (Å²) < 4.78 is 0. The molecule has 1 heterocycles. The van der Waals surface area contributed by atoms with Gasteiger partial charge < -0.3 is 10.6 Å².